The molecule has 0 spiro atoms. The van der Waals surface area contributed by atoms with Gasteiger partial charge in [0.25, 0.3) is 11.8 Å². The number of para-hydroxylation sites is 1. The van der Waals surface area contributed by atoms with Crippen molar-refractivity contribution in [2.45, 2.75) is 20.8 Å². The molecule has 1 aliphatic heterocycles. The molecular formula is C19H18FNO3. The highest BCUT2D eigenvalue weighted by molar-refractivity contribution is 6.34. The summed E-state index contributed by atoms with van der Waals surface area (Å²) in [5.41, 5.74) is 0.263. The predicted molar refractivity (Wildman–Crippen MR) is 88.9 cm³/mol. The van der Waals surface area contributed by atoms with Crippen LogP contribution in [0.1, 0.15) is 41.5 Å². The number of nitrogens with zero attached hydrogens (tertiary/aromatic N) is 1. The van der Waals surface area contributed by atoms with Crippen molar-refractivity contribution in [2.75, 3.05) is 11.5 Å². The van der Waals surface area contributed by atoms with E-state index in [2.05, 4.69) is 0 Å². The van der Waals surface area contributed by atoms with Crippen LogP contribution in [0.4, 0.5) is 10.1 Å². The quantitative estimate of drug-likeness (QED) is 0.799. The number of carbonyl (C=O) groups is 2. The summed E-state index contributed by atoms with van der Waals surface area (Å²) in [4.78, 5) is 26.1. The molecule has 0 N–H and O–H groups in total. The van der Waals surface area contributed by atoms with Gasteiger partial charge in [-0.3, -0.25) is 9.59 Å². The lowest BCUT2D eigenvalue weighted by Gasteiger charge is -2.23. The topological polar surface area (TPSA) is 46.6 Å². The SMILES string of the molecule is CC(C)(C)COc1cccc(F)c1N1C(=O)c2ccccc2C1=O. The zero-order valence-corrected chi connectivity index (χ0v) is 13.8. The molecule has 0 saturated heterocycles. The van der Waals surface area contributed by atoms with Crippen LogP contribution in [0, 0.1) is 11.2 Å². The third-order valence-corrected chi connectivity index (χ3v) is 3.63. The fourth-order valence-electron chi connectivity index (χ4n) is 2.52. The fraction of sp³-hybridized carbons (Fsp3) is 0.263. The van der Waals surface area contributed by atoms with Gasteiger partial charge in [0.1, 0.15) is 11.4 Å². The number of rotatable bonds is 3. The van der Waals surface area contributed by atoms with Gasteiger partial charge >= 0.3 is 0 Å². The lowest BCUT2D eigenvalue weighted by Crippen LogP contribution is -2.31. The first kappa shape index (κ1) is 16.2. The van der Waals surface area contributed by atoms with Crippen LogP contribution in [0.2, 0.25) is 0 Å². The number of hydrogen-bond donors (Lipinski definition) is 0. The Morgan fingerprint density at radius 2 is 1.54 bits per heavy atom. The molecule has 1 aliphatic rings. The molecule has 0 saturated carbocycles. The smallest absolute Gasteiger partial charge is 0.266 e. The van der Waals surface area contributed by atoms with Gasteiger partial charge in [0.2, 0.25) is 0 Å². The molecule has 4 nitrogen and oxygen atoms in total. The largest absolute Gasteiger partial charge is 0.491 e. The summed E-state index contributed by atoms with van der Waals surface area (Å²) in [7, 11) is 0. The molecule has 0 unspecified atom stereocenters. The third-order valence-electron chi connectivity index (χ3n) is 3.63. The van der Waals surface area contributed by atoms with Crippen molar-refractivity contribution in [1.82, 2.24) is 0 Å². The van der Waals surface area contributed by atoms with Crippen LogP contribution in [0.5, 0.6) is 5.75 Å². The molecule has 5 heteroatoms. The van der Waals surface area contributed by atoms with E-state index in [0.717, 1.165) is 4.90 Å². The number of ether oxygens (including phenoxy) is 1. The van der Waals surface area contributed by atoms with Crippen molar-refractivity contribution in [3.05, 3.63) is 59.4 Å². The van der Waals surface area contributed by atoms with E-state index in [1.54, 1.807) is 30.3 Å². The summed E-state index contributed by atoms with van der Waals surface area (Å²) in [6.45, 7) is 6.27. The predicted octanol–water partition coefficient (Wildman–Crippen LogP) is 4.05. The highest BCUT2D eigenvalue weighted by atomic mass is 19.1. The van der Waals surface area contributed by atoms with Crippen LogP contribution in [-0.4, -0.2) is 18.4 Å². The maximum absolute atomic E-state index is 14.5. The second-order valence-electron chi connectivity index (χ2n) is 6.93. The number of benzene rings is 2. The lowest BCUT2D eigenvalue weighted by molar-refractivity contribution is 0.0923. The van der Waals surface area contributed by atoms with Crippen molar-refractivity contribution in [3.8, 4) is 5.75 Å². The van der Waals surface area contributed by atoms with Gasteiger partial charge in [-0.05, 0) is 29.7 Å². The van der Waals surface area contributed by atoms with Gasteiger partial charge < -0.3 is 4.74 Å². The van der Waals surface area contributed by atoms with E-state index in [1.807, 2.05) is 20.8 Å². The molecule has 0 aliphatic carbocycles. The molecule has 1 heterocycles. The van der Waals surface area contributed by atoms with Crippen LogP contribution in [0.15, 0.2) is 42.5 Å². The van der Waals surface area contributed by atoms with Crippen LogP contribution in [-0.2, 0) is 0 Å². The fourth-order valence-corrected chi connectivity index (χ4v) is 2.52. The lowest BCUT2D eigenvalue weighted by atomic mass is 9.99. The minimum absolute atomic E-state index is 0.132. The first-order chi connectivity index (χ1) is 11.3. The van der Waals surface area contributed by atoms with Crippen LogP contribution in [0.25, 0.3) is 0 Å². The molecule has 2 aromatic rings. The summed E-state index contributed by atoms with van der Waals surface area (Å²) < 4.78 is 20.2. The Morgan fingerprint density at radius 3 is 2.08 bits per heavy atom. The monoisotopic (exact) mass is 327 g/mol. The van der Waals surface area contributed by atoms with Gasteiger partial charge in [0.05, 0.1) is 17.7 Å². The van der Waals surface area contributed by atoms with E-state index in [9.17, 15) is 14.0 Å². The molecule has 0 fully saturated rings. The summed E-state index contributed by atoms with van der Waals surface area (Å²) >= 11 is 0. The van der Waals surface area contributed by atoms with Crippen molar-refractivity contribution >= 4 is 17.5 Å². The van der Waals surface area contributed by atoms with E-state index in [0.29, 0.717) is 6.61 Å². The Morgan fingerprint density at radius 1 is 0.958 bits per heavy atom. The molecular weight excluding hydrogens is 309 g/mol. The number of halogens is 1. The van der Waals surface area contributed by atoms with E-state index in [1.165, 1.54) is 12.1 Å². The maximum atomic E-state index is 14.5. The highest BCUT2D eigenvalue weighted by Gasteiger charge is 2.39. The Kier molecular flexibility index (Phi) is 3.87. The minimum atomic E-state index is -0.670. The average molecular weight is 327 g/mol. The van der Waals surface area contributed by atoms with Gasteiger partial charge in [0.15, 0.2) is 5.82 Å². The van der Waals surface area contributed by atoms with E-state index in [4.69, 9.17) is 4.74 Å². The van der Waals surface area contributed by atoms with Crippen LogP contribution >= 0.6 is 0 Å². The molecule has 2 aromatic carbocycles. The molecule has 124 valence electrons. The molecule has 0 bridgehead atoms. The molecule has 3 rings (SSSR count). The average Bonchev–Trinajstić information content (AvgIpc) is 2.77. The first-order valence-corrected chi connectivity index (χ1v) is 7.69. The van der Waals surface area contributed by atoms with Gasteiger partial charge in [-0.25, -0.2) is 9.29 Å². The Hall–Kier alpha value is -2.69. The van der Waals surface area contributed by atoms with E-state index >= 15 is 0 Å². The maximum Gasteiger partial charge on any atom is 0.266 e. The standard InChI is InChI=1S/C19H18FNO3/c1-19(2,3)11-24-15-10-6-9-14(20)16(15)21-17(22)12-7-4-5-8-13(12)18(21)23/h4-10H,11H2,1-3H3. The van der Waals surface area contributed by atoms with E-state index < -0.39 is 17.6 Å². The molecule has 2 amide bonds. The second kappa shape index (κ2) is 5.74. The molecule has 24 heavy (non-hydrogen) atoms. The molecule has 0 aromatic heterocycles. The van der Waals surface area contributed by atoms with Gasteiger partial charge in [0, 0.05) is 0 Å². The van der Waals surface area contributed by atoms with Crippen molar-refractivity contribution in [2.24, 2.45) is 5.41 Å². The van der Waals surface area contributed by atoms with E-state index in [-0.39, 0.29) is 28.0 Å². The first-order valence-electron chi connectivity index (χ1n) is 7.69. The summed E-state index contributed by atoms with van der Waals surface area (Å²) in [6.07, 6.45) is 0. The van der Waals surface area contributed by atoms with Crippen LogP contribution < -0.4 is 9.64 Å². The number of imide groups is 1. The minimum Gasteiger partial charge on any atom is -0.491 e. The van der Waals surface area contributed by atoms with Crippen molar-refractivity contribution in [1.29, 1.82) is 0 Å². The van der Waals surface area contributed by atoms with Gasteiger partial charge in [-0.1, -0.05) is 39.0 Å². The van der Waals surface area contributed by atoms with Crippen molar-refractivity contribution in [3.63, 3.8) is 0 Å². The second-order valence-corrected chi connectivity index (χ2v) is 6.93. The Balaban J connectivity index is 2.04. The van der Waals surface area contributed by atoms with Crippen LogP contribution in [0.3, 0.4) is 0 Å². The zero-order valence-electron chi connectivity index (χ0n) is 13.8. The summed E-state index contributed by atoms with van der Waals surface area (Å²) in [5.74, 6) is -1.57. The number of anilines is 1. The third kappa shape index (κ3) is 2.77. The van der Waals surface area contributed by atoms with Gasteiger partial charge in [-0.15, -0.1) is 0 Å². The number of hydrogen-bond acceptors (Lipinski definition) is 3. The summed E-state index contributed by atoms with van der Waals surface area (Å²) in [6, 6.07) is 10.7. The summed E-state index contributed by atoms with van der Waals surface area (Å²) in [5, 5.41) is 0. The Bertz CT molecular complexity index is 789. The number of amides is 2. The normalized spacial score (nSPS) is 14.1. The molecule has 0 atom stereocenters. The highest BCUT2D eigenvalue weighted by Crippen LogP contribution is 2.37. The number of carbonyl (C=O) groups excluding carboxylic acids is 2. The number of fused-ring (bicyclic) bond motifs is 1. The van der Waals surface area contributed by atoms with Gasteiger partial charge in [-0.2, -0.15) is 0 Å². The van der Waals surface area contributed by atoms with Crippen molar-refractivity contribution < 1.29 is 18.7 Å². The molecule has 0 radical (unpaired) electrons. The Labute approximate surface area is 139 Å². The zero-order chi connectivity index (χ0) is 17.5.